The first-order valence-electron chi connectivity index (χ1n) is 8.54. The maximum absolute atomic E-state index is 12.3. The third kappa shape index (κ3) is 5.21. The molecule has 1 heterocycles. The summed E-state index contributed by atoms with van der Waals surface area (Å²) in [5, 5.41) is 0.757. The van der Waals surface area contributed by atoms with Crippen LogP contribution in [0.1, 0.15) is 11.1 Å². The summed E-state index contributed by atoms with van der Waals surface area (Å²) in [4.78, 5) is 16.5. The van der Waals surface area contributed by atoms with E-state index in [1.165, 1.54) is 11.1 Å². The van der Waals surface area contributed by atoms with E-state index in [9.17, 15) is 4.79 Å². The third-order valence-electron chi connectivity index (χ3n) is 4.43. The Morgan fingerprint density at radius 1 is 1.00 bits per heavy atom. The first-order valence-corrected chi connectivity index (χ1v) is 8.92. The van der Waals surface area contributed by atoms with Gasteiger partial charge in [-0.3, -0.25) is 9.69 Å². The summed E-state index contributed by atoms with van der Waals surface area (Å²) in [6, 6.07) is 15.7. The molecule has 0 radical (unpaired) electrons. The van der Waals surface area contributed by atoms with E-state index in [2.05, 4.69) is 17.0 Å². The number of benzene rings is 2. The minimum absolute atomic E-state index is 0.0479. The smallest absolute Gasteiger partial charge is 0.260 e. The van der Waals surface area contributed by atoms with Gasteiger partial charge in [0, 0.05) is 37.7 Å². The van der Waals surface area contributed by atoms with E-state index < -0.39 is 0 Å². The summed E-state index contributed by atoms with van der Waals surface area (Å²) >= 11 is 5.92. The highest BCUT2D eigenvalue weighted by molar-refractivity contribution is 6.30. The Morgan fingerprint density at radius 2 is 1.64 bits per heavy atom. The predicted molar refractivity (Wildman–Crippen MR) is 100.0 cm³/mol. The van der Waals surface area contributed by atoms with Crippen LogP contribution < -0.4 is 4.74 Å². The number of rotatable bonds is 5. The van der Waals surface area contributed by atoms with E-state index in [0.717, 1.165) is 43.5 Å². The van der Waals surface area contributed by atoms with Crippen molar-refractivity contribution in [1.82, 2.24) is 9.80 Å². The van der Waals surface area contributed by atoms with Crippen LogP contribution in [0.4, 0.5) is 0 Å². The van der Waals surface area contributed by atoms with E-state index in [1.54, 1.807) is 0 Å². The quantitative estimate of drug-likeness (QED) is 0.821. The molecule has 1 saturated heterocycles. The van der Waals surface area contributed by atoms with Gasteiger partial charge in [0.05, 0.1) is 0 Å². The molecule has 1 amide bonds. The Morgan fingerprint density at radius 3 is 2.28 bits per heavy atom. The largest absolute Gasteiger partial charge is 0.484 e. The standard InChI is InChI=1S/C20H23ClN2O2/c1-16-2-8-19(9-3-16)25-15-20(24)23-12-10-22(11-13-23)14-17-4-6-18(21)7-5-17/h2-9H,10-15H2,1H3. The van der Waals surface area contributed by atoms with Crippen molar-refractivity contribution >= 4 is 17.5 Å². The van der Waals surface area contributed by atoms with Crippen LogP contribution in [0.15, 0.2) is 48.5 Å². The van der Waals surface area contributed by atoms with Crippen molar-refractivity contribution in [2.24, 2.45) is 0 Å². The summed E-state index contributed by atoms with van der Waals surface area (Å²) in [6.45, 7) is 6.24. The first-order chi connectivity index (χ1) is 12.1. The molecule has 0 saturated carbocycles. The Balaban J connectivity index is 1.42. The summed E-state index contributed by atoms with van der Waals surface area (Å²) < 4.78 is 5.59. The molecular formula is C20H23ClN2O2. The molecule has 5 heteroatoms. The molecule has 0 spiro atoms. The van der Waals surface area contributed by atoms with E-state index in [1.807, 2.05) is 48.2 Å². The fourth-order valence-electron chi connectivity index (χ4n) is 2.87. The Labute approximate surface area is 154 Å². The molecule has 4 nitrogen and oxygen atoms in total. The van der Waals surface area contributed by atoms with E-state index in [0.29, 0.717) is 0 Å². The molecule has 0 aliphatic carbocycles. The molecule has 0 bridgehead atoms. The monoisotopic (exact) mass is 358 g/mol. The molecule has 25 heavy (non-hydrogen) atoms. The number of nitrogens with zero attached hydrogens (tertiary/aromatic N) is 2. The predicted octanol–water partition coefficient (Wildman–Crippen LogP) is 3.37. The molecule has 0 unspecified atom stereocenters. The minimum atomic E-state index is 0.0479. The number of hydrogen-bond donors (Lipinski definition) is 0. The average molecular weight is 359 g/mol. The zero-order valence-corrected chi connectivity index (χ0v) is 15.2. The Kier molecular flexibility index (Phi) is 5.95. The van der Waals surface area contributed by atoms with Crippen LogP contribution in [0.25, 0.3) is 0 Å². The second-order valence-electron chi connectivity index (χ2n) is 6.39. The molecular weight excluding hydrogens is 336 g/mol. The number of amides is 1. The van der Waals surface area contributed by atoms with Gasteiger partial charge in [-0.05, 0) is 36.8 Å². The van der Waals surface area contributed by atoms with Gasteiger partial charge in [-0.2, -0.15) is 0 Å². The van der Waals surface area contributed by atoms with E-state index >= 15 is 0 Å². The number of carbonyl (C=O) groups is 1. The normalized spacial score (nSPS) is 15.2. The van der Waals surface area contributed by atoms with Crippen molar-refractivity contribution < 1.29 is 9.53 Å². The molecule has 3 rings (SSSR count). The molecule has 0 N–H and O–H groups in total. The van der Waals surface area contributed by atoms with Gasteiger partial charge in [-0.1, -0.05) is 41.4 Å². The van der Waals surface area contributed by atoms with Crippen molar-refractivity contribution in [2.45, 2.75) is 13.5 Å². The van der Waals surface area contributed by atoms with Crippen LogP contribution in [0, 0.1) is 6.92 Å². The van der Waals surface area contributed by atoms with Crippen molar-refractivity contribution in [1.29, 1.82) is 0 Å². The van der Waals surface area contributed by atoms with Crippen molar-refractivity contribution in [3.63, 3.8) is 0 Å². The summed E-state index contributed by atoms with van der Waals surface area (Å²) in [7, 11) is 0. The van der Waals surface area contributed by atoms with Gasteiger partial charge in [0.15, 0.2) is 6.61 Å². The number of halogens is 1. The lowest BCUT2D eigenvalue weighted by Gasteiger charge is -2.34. The van der Waals surface area contributed by atoms with Gasteiger partial charge in [-0.15, -0.1) is 0 Å². The molecule has 132 valence electrons. The first kappa shape index (κ1) is 17.8. The van der Waals surface area contributed by atoms with Gasteiger partial charge in [0.2, 0.25) is 0 Å². The second-order valence-corrected chi connectivity index (χ2v) is 6.82. The molecule has 2 aromatic carbocycles. The maximum atomic E-state index is 12.3. The van der Waals surface area contributed by atoms with Crippen molar-refractivity contribution in [2.75, 3.05) is 32.8 Å². The van der Waals surface area contributed by atoms with Crippen molar-refractivity contribution in [3.8, 4) is 5.75 Å². The molecule has 2 aromatic rings. The highest BCUT2D eigenvalue weighted by Gasteiger charge is 2.21. The number of piperazine rings is 1. The van der Waals surface area contributed by atoms with Crippen LogP contribution in [0.3, 0.4) is 0 Å². The molecule has 1 fully saturated rings. The number of ether oxygens (including phenoxy) is 1. The zero-order chi connectivity index (χ0) is 17.6. The average Bonchev–Trinajstić information content (AvgIpc) is 2.63. The van der Waals surface area contributed by atoms with E-state index in [-0.39, 0.29) is 12.5 Å². The lowest BCUT2D eigenvalue weighted by atomic mass is 10.2. The summed E-state index contributed by atoms with van der Waals surface area (Å²) in [6.07, 6.45) is 0. The van der Waals surface area contributed by atoms with Crippen molar-refractivity contribution in [3.05, 3.63) is 64.7 Å². The fourth-order valence-corrected chi connectivity index (χ4v) is 3.00. The van der Waals surface area contributed by atoms with Crippen LogP contribution in [0.5, 0.6) is 5.75 Å². The van der Waals surface area contributed by atoms with E-state index in [4.69, 9.17) is 16.3 Å². The summed E-state index contributed by atoms with van der Waals surface area (Å²) in [5.74, 6) is 0.784. The number of aryl methyl sites for hydroxylation is 1. The van der Waals surface area contributed by atoms with Gasteiger partial charge >= 0.3 is 0 Å². The zero-order valence-electron chi connectivity index (χ0n) is 14.5. The van der Waals surface area contributed by atoms with Gasteiger partial charge in [-0.25, -0.2) is 0 Å². The Hall–Kier alpha value is -2.04. The van der Waals surface area contributed by atoms with Gasteiger partial charge in [0.25, 0.3) is 5.91 Å². The van der Waals surface area contributed by atoms with Gasteiger partial charge in [0.1, 0.15) is 5.75 Å². The van der Waals surface area contributed by atoms with Crippen LogP contribution in [-0.2, 0) is 11.3 Å². The Bertz CT molecular complexity index is 693. The molecule has 0 atom stereocenters. The highest BCUT2D eigenvalue weighted by atomic mass is 35.5. The third-order valence-corrected chi connectivity index (χ3v) is 4.68. The number of carbonyl (C=O) groups excluding carboxylic acids is 1. The molecule has 1 aliphatic heterocycles. The van der Waals surface area contributed by atoms with Crippen LogP contribution >= 0.6 is 11.6 Å². The maximum Gasteiger partial charge on any atom is 0.260 e. The fraction of sp³-hybridized carbons (Fsp3) is 0.350. The highest BCUT2D eigenvalue weighted by Crippen LogP contribution is 2.14. The lowest BCUT2D eigenvalue weighted by molar-refractivity contribution is -0.135. The van der Waals surface area contributed by atoms with Gasteiger partial charge < -0.3 is 9.64 Å². The van der Waals surface area contributed by atoms with Crippen LogP contribution in [-0.4, -0.2) is 48.5 Å². The number of hydrogen-bond acceptors (Lipinski definition) is 3. The minimum Gasteiger partial charge on any atom is -0.484 e. The SMILES string of the molecule is Cc1ccc(OCC(=O)N2CCN(Cc3ccc(Cl)cc3)CC2)cc1. The van der Waals surface area contributed by atoms with Crippen LogP contribution in [0.2, 0.25) is 5.02 Å². The molecule has 1 aliphatic rings. The second kappa shape index (κ2) is 8.37. The summed E-state index contributed by atoms with van der Waals surface area (Å²) in [5.41, 5.74) is 2.42. The lowest BCUT2D eigenvalue weighted by Crippen LogP contribution is -2.49. The molecule has 0 aromatic heterocycles. The topological polar surface area (TPSA) is 32.8 Å².